The fourth-order valence-electron chi connectivity index (χ4n) is 4.34. The summed E-state index contributed by atoms with van der Waals surface area (Å²) in [6.07, 6.45) is 3.83. The minimum atomic E-state index is -0.871. The number of carbonyl (C=O) groups is 1. The highest BCUT2D eigenvalue weighted by Gasteiger charge is 2.35. The van der Waals surface area contributed by atoms with Crippen molar-refractivity contribution in [3.8, 4) is 0 Å². The van der Waals surface area contributed by atoms with Gasteiger partial charge in [-0.3, -0.25) is 0 Å². The van der Waals surface area contributed by atoms with Crippen LogP contribution in [0.25, 0.3) is 22.6 Å². The van der Waals surface area contributed by atoms with Crippen LogP contribution in [0.2, 0.25) is 0 Å². The second-order valence-corrected chi connectivity index (χ2v) is 9.19. The molecule has 1 aliphatic rings. The van der Waals surface area contributed by atoms with Crippen LogP contribution in [0.3, 0.4) is 0 Å². The van der Waals surface area contributed by atoms with Crippen LogP contribution < -0.4 is 0 Å². The first kappa shape index (κ1) is 19.4. The van der Waals surface area contributed by atoms with E-state index in [0.717, 1.165) is 46.1 Å². The Balaban J connectivity index is 2.00. The molecule has 1 heterocycles. The van der Waals surface area contributed by atoms with Gasteiger partial charge in [-0.25, -0.2) is 9.78 Å². The summed E-state index contributed by atoms with van der Waals surface area (Å²) in [6, 6.07) is 16.0. The maximum absolute atomic E-state index is 12.3. The predicted octanol–water partition coefficient (Wildman–Crippen LogP) is 6.39. The van der Waals surface area contributed by atoms with Crippen molar-refractivity contribution in [2.24, 2.45) is 11.3 Å². The molecule has 3 aromatic rings. The van der Waals surface area contributed by atoms with Crippen LogP contribution in [0.4, 0.5) is 0 Å². The van der Waals surface area contributed by atoms with Crippen LogP contribution in [0.15, 0.2) is 48.5 Å². The largest absolute Gasteiger partial charge is 0.478 e. The van der Waals surface area contributed by atoms with Gasteiger partial charge in [0.05, 0.1) is 16.8 Å². The molecule has 0 amide bonds. The maximum atomic E-state index is 12.3. The molecular weight excluding hydrogens is 358 g/mol. The number of benzene rings is 2. The normalized spacial score (nSPS) is 18.1. The Bertz CT molecular complexity index is 1140. The number of rotatable bonds is 2. The van der Waals surface area contributed by atoms with Gasteiger partial charge in [-0.2, -0.15) is 0 Å². The van der Waals surface area contributed by atoms with E-state index in [2.05, 4.69) is 58.0 Å². The monoisotopic (exact) mass is 385 g/mol. The number of aryl methyl sites for hydroxylation is 1. The van der Waals surface area contributed by atoms with Gasteiger partial charge in [0.2, 0.25) is 0 Å². The van der Waals surface area contributed by atoms with E-state index in [1.807, 2.05) is 24.3 Å². The third-order valence-corrected chi connectivity index (χ3v) is 6.04. The summed E-state index contributed by atoms with van der Waals surface area (Å²) < 4.78 is 0. The quantitative estimate of drug-likeness (QED) is 0.556. The zero-order valence-corrected chi connectivity index (χ0v) is 17.5. The summed E-state index contributed by atoms with van der Waals surface area (Å²) in [5.41, 5.74) is 6.43. The van der Waals surface area contributed by atoms with Crippen molar-refractivity contribution in [2.75, 3.05) is 0 Å². The molecule has 0 radical (unpaired) electrons. The number of nitrogens with zero attached hydrogens (tertiary/aromatic N) is 1. The number of aromatic carboxylic acids is 1. The van der Waals surface area contributed by atoms with E-state index in [4.69, 9.17) is 4.98 Å². The zero-order valence-electron chi connectivity index (χ0n) is 17.5. The van der Waals surface area contributed by atoms with Crippen LogP contribution in [-0.4, -0.2) is 16.1 Å². The highest BCUT2D eigenvalue weighted by atomic mass is 16.4. The Labute approximate surface area is 172 Å². The number of hydrogen-bond donors (Lipinski definition) is 1. The number of fused-ring (bicyclic) bond motifs is 2. The Kier molecular flexibility index (Phi) is 4.77. The highest BCUT2D eigenvalue weighted by Crippen LogP contribution is 2.44. The molecule has 0 saturated heterocycles. The molecule has 0 aliphatic heterocycles. The number of carboxylic acid groups (broad SMARTS) is 1. The molecule has 0 fully saturated rings. The van der Waals surface area contributed by atoms with Crippen LogP contribution in [0, 0.1) is 18.3 Å². The maximum Gasteiger partial charge on any atom is 0.336 e. The van der Waals surface area contributed by atoms with E-state index < -0.39 is 5.97 Å². The highest BCUT2D eigenvalue weighted by molar-refractivity contribution is 6.06. The van der Waals surface area contributed by atoms with Gasteiger partial charge >= 0.3 is 5.97 Å². The standard InChI is InChI=1S/C26H27NO2/c1-16-8-7-9-17(12-16)13-18-14-19(26(2,3)4)15-21-23(25(28)29)20-10-5-6-11-22(20)27-24(18)21/h5-13,19H,14-15H2,1-4H3,(H,28,29). The molecule has 4 rings (SSSR count). The lowest BCUT2D eigenvalue weighted by Gasteiger charge is -2.36. The minimum Gasteiger partial charge on any atom is -0.478 e. The first-order chi connectivity index (χ1) is 13.7. The van der Waals surface area contributed by atoms with Crippen molar-refractivity contribution in [3.63, 3.8) is 0 Å². The van der Waals surface area contributed by atoms with E-state index in [0.29, 0.717) is 11.5 Å². The van der Waals surface area contributed by atoms with Crippen molar-refractivity contribution in [1.82, 2.24) is 4.98 Å². The second kappa shape index (κ2) is 7.14. The van der Waals surface area contributed by atoms with Crippen LogP contribution in [-0.2, 0) is 6.42 Å². The number of para-hydroxylation sites is 1. The second-order valence-electron chi connectivity index (χ2n) is 9.19. The van der Waals surface area contributed by atoms with E-state index >= 15 is 0 Å². The van der Waals surface area contributed by atoms with Crippen LogP contribution >= 0.6 is 0 Å². The number of hydrogen-bond acceptors (Lipinski definition) is 2. The Morgan fingerprint density at radius 3 is 2.55 bits per heavy atom. The molecule has 2 aromatic carbocycles. The molecule has 1 atom stereocenters. The fourth-order valence-corrected chi connectivity index (χ4v) is 4.34. The number of allylic oxidation sites excluding steroid dienone is 1. The first-order valence-corrected chi connectivity index (χ1v) is 10.2. The lowest BCUT2D eigenvalue weighted by molar-refractivity contribution is 0.0696. The molecule has 1 N–H and O–H groups in total. The molecule has 1 aliphatic carbocycles. The summed E-state index contributed by atoms with van der Waals surface area (Å²) in [4.78, 5) is 17.2. The van der Waals surface area contributed by atoms with Gasteiger partial charge in [0.25, 0.3) is 0 Å². The van der Waals surface area contributed by atoms with E-state index in [-0.39, 0.29) is 5.41 Å². The summed E-state index contributed by atoms with van der Waals surface area (Å²) in [7, 11) is 0. The van der Waals surface area contributed by atoms with Crippen LogP contribution in [0.5, 0.6) is 0 Å². The van der Waals surface area contributed by atoms with Crippen molar-refractivity contribution in [1.29, 1.82) is 0 Å². The van der Waals surface area contributed by atoms with Gasteiger partial charge in [-0.15, -0.1) is 0 Å². The third-order valence-electron chi connectivity index (χ3n) is 6.04. The zero-order chi connectivity index (χ0) is 20.8. The van der Waals surface area contributed by atoms with E-state index in [1.54, 1.807) is 0 Å². The average molecular weight is 386 g/mol. The summed E-state index contributed by atoms with van der Waals surface area (Å²) in [5, 5.41) is 10.8. The lowest BCUT2D eigenvalue weighted by atomic mass is 9.69. The van der Waals surface area contributed by atoms with Crippen LogP contribution in [0.1, 0.15) is 59.9 Å². The Morgan fingerprint density at radius 2 is 1.86 bits per heavy atom. The Hall–Kier alpha value is -2.94. The van der Waals surface area contributed by atoms with Gasteiger partial charge in [0.15, 0.2) is 0 Å². The fraction of sp³-hybridized carbons (Fsp3) is 0.308. The predicted molar refractivity (Wildman–Crippen MR) is 119 cm³/mol. The summed E-state index contributed by atoms with van der Waals surface area (Å²) in [6.45, 7) is 8.80. The van der Waals surface area contributed by atoms with Gasteiger partial charge in [0.1, 0.15) is 0 Å². The minimum absolute atomic E-state index is 0.0742. The molecule has 1 unspecified atom stereocenters. The SMILES string of the molecule is Cc1cccc(C=C2CC(C(C)(C)C)Cc3c2nc2ccccc2c3C(=O)O)c1. The number of pyridine rings is 1. The van der Waals surface area contributed by atoms with Crippen molar-refractivity contribution in [3.05, 3.63) is 76.5 Å². The first-order valence-electron chi connectivity index (χ1n) is 10.2. The summed E-state index contributed by atoms with van der Waals surface area (Å²) in [5.74, 6) is -0.517. The lowest BCUT2D eigenvalue weighted by Crippen LogP contribution is -2.28. The molecular formula is C26H27NO2. The average Bonchev–Trinajstić information content (AvgIpc) is 2.65. The van der Waals surface area contributed by atoms with Crippen molar-refractivity contribution < 1.29 is 9.90 Å². The van der Waals surface area contributed by atoms with Crippen molar-refractivity contribution >= 4 is 28.5 Å². The van der Waals surface area contributed by atoms with Gasteiger partial charge in [-0.05, 0) is 59.9 Å². The number of aromatic nitrogens is 1. The van der Waals surface area contributed by atoms with E-state index in [1.165, 1.54) is 5.56 Å². The van der Waals surface area contributed by atoms with Gasteiger partial charge in [0, 0.05) is 5.39 Å². The summed E-state index contributed by atoms with van der Waals surface area (Å²) >= 11 is 0. The van der Waals surface area contributed by atoms with Crippen molar-refractivity contribution in [2.45, 2.75) is 40.5 Å². The molecule has 29 heavy (non-hydrogen) atoms. The molecule has 3 heteroatoms. The van der Waals surface area contributed by atoms with E-state index in [9.17, 15) is 9.90 Å². The van der Waals surface area contributed by atoms with Gasteiger partial charge < -0.3 is 5.11 Å². The Morgan fingerprint density at radius 1 is 1.10 bits per heavy atom. The molecule has 148 valence electrons. The third kappa shape index (κ3) is 3.69. The van der Waals surface area contributed by atoms with Gasteiger partial charge in [-0.1, -0.05) is 68.8 Å². The number of carboxylic acids is 1. The molecule has 3 nitrogen and oxygen atoms in total. The molecule has 0 bridgehead atoms. The topological polar surface area (TPSA) is 50.2 Å². The smallest absolute Gasteiger partial charge is 0.336 e. The molecule has 1 aromatic heterocycles. The molecule has 0 spiro atoms. The molecule has 0 saturated carbocycles.